The van der Waals surface area contributed by atoms with E-state index < -0.39 is 11.0 Å². The molecule has 0 heterocycles. The minimum atomic E-state index is -2.63. The van der Waals surface area contributed by atoms with Crippen LogP contribution in [0.5, 0.6) is 0 Å². The number of hydrogen-bond donors (Lipinski definition) is 2. The van der Waals surface area contributed by atoms with Crippen molar-refractivity contribution in [1.29, 1.82) is 0 Å². The van der Waals surface area contributed by atoms with Gasteiger partial charge >= 0.3 is 0 Å². The summed E-state index contributed by atoms with van der Waals surface area (Å²) < 4.78 is 23.7. The van der Waals surface area contributed by atoms with Gasteiger partial charge in [-0.25, -0.2) is 8.42 Å². The molecule has 0 saturated carbocycles. The zero-order valence-corrected chi connectivity index (χ0v) is 6.56. The quantitative estimate of drug-likeness (QED) is 0.576. The lowest BCUT2D eigenvalue weighted by Crippen LogP contribution is -1.99. The summed E-state index contributed by atoms with van der Waals surface area (Å²) in [6, 6.07) is 0. The highest BCUT2D eigenvalue weighted by Crippen LogP contribution is 1.90. The molecule has 0 aromatic carbocycles. The van der Waals surface area contributed by atoms with Crippen molar-refractivity contribution in [2.75, 3.05) is 6.61 Å². The molecule has 4 nitrogen and oxygen atoms in total. The Balaban J connectivity index is 0. The molecule has 0 aliphatic carbocycles. The van der Waals surface area contributed by atoms with Gasteiger partial charge in [-0.1, -0.05) is 13.8 Å². The molecule has 0 amide bonds. The van der Waals surface area contributed by atoms with Crippen LogP contribution in [-0.4, -0.2) is 15.0 Å². The van der Waals surface area contributed by atoms with E-state index in [1.54, 1.807) is 0 Å². The topological polar surface area (TPSA) is 78.4 Å². The molecule has 5 heteroatoms. The van der Waals surface area contributed by atoms with Crippen LogP contribution in [0.1, 0.15) is 13.8 Å². The normalized spacial score (nSPS) is 9.78. The smallest absolute Gasteiger partial charge is 0.257 e. The van der Waals surface area contributed by atoms with Crippen molar-refractivity contribution < 1.29 is 12.6 Å². The Morgan fingerprint density at radius 3 is 2.00 bits per heavy atom. The lowest BCUT2D eigenvalue weighted by molar-refractivity contribution is 0.287. The maximum Gasteiger partial charge on any atom is 0.257 e. The molecule has 0 aromatic heterocycles. The molecule has 0 radical (unpaired) electrons. The molecule has 0 unspecified atom stereocenters. The third-order valence-electron chi connectivity index (χ3n) is 0.513. The van der Waals surface area contributed by atoms with Crippen LogP contribution in [0.3, 0.4) is 0 Å². The van der Waals surface area contributed by atoms with Crippen molar-refractivity contribution >= 4 is 11.0 Å². The van der Waals surface area contributed by atoms with Gasteiger partial charge in [0.05, 0.1) is 6.61 Å². The van der Waals surface area contributed by atoms with Crippen LogP contribution in [0.2, 0.25) is 0 Å². The number of thiol groups is 1. The molecular weight excluding hydrogens is 142 g/mol. The molecule has 0 aliphatic rings. The first-order chi connectivity index (χ1) is 3.63. The van der Waals surface area contributed by atoms with Crippen LogP contribution < -0.4 is 6.15 Å². The molecular formula is C4H13NO3S. The fourth-order valence-corrected chi connectivity index (χ4v) is 0.630. The van der Waals surface area contributed by atoms with Gasteiger partial charge in [-0.2, -0.15) is 0 Å². The molecule has 58 valence electrons. The highest BCUT2D eigenvalue weighted by Gasteiger charge is 1.91. The predicted molar refractivity (Wildman–Crippen MR) is 36.1 cm³/mol. The van der Waals surface area contributed by atoms with Gasteiger partial charge in [0.25, 0.3) is 11.0 Å². The summed E-state index contributed by atoms with van der Waals surface area (Å²) in [6.45, 7) is 4.07. The molecule has 0 spiro atoms. The van der Waals surface area contributed by atoms with Crippen LogP contribution in [-0.2, 0) is 15.2 Å². The lowest BCUT2D eigenvalue weighted by atomic mass is 10.2. The molecule has 0 rings (SSSR count). The SMILES string of the molecule is CC(C)CO[SH](=O)=O.N. The first-order valence-corrected chi connectivity index (χ1v) is 3.49. The van der Waals surface area contributed by atoms with Gasteiger partial charge < -0.3 is 6.15 Å². The maximum absolute atomic E-state index is 9.72. The predicted octanol–water partition coefficient (Wildman–Crippen LogP) is 0.347. The minimum absolute atomic E-state index is 0. The van der Waals surface area contributed by atoms with Crippen LogP contribution >= 0.6 is 0 Å². The van der Waals surface area contributed by atoms with E-state index in [-0.39, 0.29) is 12.1 Å². The van der Waals surface area contributed by atoms with Crippen LogP contribution in [0.25, 0.3) is 0 Å². The van der Waals surface area contributed by atoms with Gasteiger partial charge in [0.2, 0.25) is 0 Å². The Labute approximate surface area is 56.9 Å². The third-order valence-corrected chi connectivity index (χ3v) is 0.873. The first-order valence-electron chi connectivity index (χ1n) is 2.40. The summed E-state index contributed by atoms with van der Waals surface area (Å²) in [5.74, 6) is 0.280. The average molecular weight is 155 g/mol. The van der Waals surface area contributed by atoms with Gasteiger partial charge in [-0.3, -0.25) is 4.18 Å². The Bertz CT molecular complexity index is 113. The Hall–Kier alpha value is -0.130. The van der Waals surface area contributed by atoms with Crippen molar-refractivity contribution in [3.63, 3.8) is 0 Å². The summed E-state index contributed by atoms with van der Waals surface area (Å²) in [5.41, 5.74) is 0. The van der Waals surface area contributed by atoms with Gasteiger partial charge in [0, 0.05) is 0 Å². The van der Waals surface area contributed by atoms with Crippen molar-refractivity contribution in [1.82, 2.24) is 6.15 Å². The second-order valence-corrected chi connectivity index (χ2v) is 2.62. The van der Waals surface area contributed by atoms with E-state index in [0.717, 1.165) is 0 Å². The monoisotopic (exact) mass is 155 g/mol. The van der Waals surface area contributed by atoms with E-state index in [4.69, 9.17) is 0 Å². The van der Waals surface area contributed by atoms with Crippen molar-refractivity contribution in [2.45, 2.75) is 13.8 Å². The molecule has 0 atom stereocenters. The Kier molecular flexibility index (Phi) is 7.76. The van der Waals surface area contributed by atoms with E-state index in [9.17, 15) is 8.42 Å². The zero-order chi connectivity index (χ0) is 6.57. The first kappa shape index (κ1) is 11.6. The largest absolute Gasteiger partial charge is 0.344 e. The highest BCUT2D eigenvalue weighted by atomic mass is 32.2. The van der Waals surface area contributed by atoms with Gasteiger partial charge in [-0.05, 0) is 5.92 Å². The fourth-order valence-electron chi connectivity index (χ4n) is 0.210. The van der Waals surface area contributed by atoms with Crippen LogP contribution in [0.15, 0.2) is 0 Å². The maximum atomic E-state index is 9.72. The summed E-state index contributed by atoms with van der Waals surface area (Å²) in [4.78, 5) is 0. The molecule has 0 fully saturated rings. The summed E-state index contributed by atoms with van der Waals surface area (Å²) in [6.07, 6.45) is 0. The molecule has 0 bridgehead atoms. The average Bonchev–Trinajstić information content (AvgIpc) is 1.61. The number of hydrogen-bond acceptors (Lipinski definition) is 4. The number of rotatable bonds is 3. The van der Waals surface area contributed by atoms with Crippen molar-refractivity contribution in [2.24, 2.45) is 5.92 Å². The molecule has 0 aromatic rings. The van der Waals surface area contributed by atoms with E-state index in [2.05, 4.69) is 4.18 Å². The summed E-state index contributed by atoms with van der Waals surface area (Å²) in [5, 5.41) is 0. The van der Waals surface area contributed by atoms with Crippen LogP contribution in [0.4, 0.5) is 0 Å². The van der Waals surface area contributed by atoms with Gasteiger partial charge in [0.1, 0.15) is 0 Å². The Morgan fingerprint density at radius 2 is 1.89 bits per heavy atom. The second kappa shape index (κ2) is 6.00. The molecule has 0 saturated heterocycles. The second-order valence-electron chi connectivity index (χ2n) is 1.91. The molecule has 3 N–H and O–H groups in total. The van der Waals surface area contributed by atoms with E-state index >= 15 is 0 Å². The van der Waals surface area contributed by atoms with Crippen molar-refractivity contribution in [3.8, 4) is 0 Å². The fraction of sp³-hybridized carbons (Fsp3) is 1.00. The molecule has 9 heavy (non-hydrogen) atoms. The minimum Gasteiger partial charge on any atom is -0.344 e. The van der Waals surface area contributed by atoms with Gasteiger partial charge in [0.15, 0.2) is 0 Å². The highest BCUT2D eigenvalue weighted by molar-refractivity contribution is 7.67. The third kappa shape index (κ3) is 11.4. The van der Waals surface area contributed by atoms with Gasteiger partial charge in [-0.15, -0.1) is 0 Å². The van der Waals surface area contributed by atoms with Crippen molar-refractivity contribution in [3.05, 3.63) is 0 Å². The standard InChI is InChI=1S/C4H10O3S.H3N/c1-4(2)3-7-8(5)6;/h4,8H,3H2,1-2H3;1H3. The summed E-state index contributed by atoms with van der Waals surface area (Å²) in [7, 11) is -2.63. The zero-order valence-electron chi connectivity index (χ0n) is 5.66. The molecule has 0 aliphatic heterocycles. The van der Waals surface area contributed by atoms with E-state index in [0.29, 0.717) is 6.61 Å². The van der Waals surface area contributed by atoms with E-state index in [1.165, 1.54) is 0 Å². The van der Waals surface area contributed by atoms with E-state index in [1.807, 2.05) is 13.8 Å². The lowest BCUT2D eigenvalue weighted by Gasteiger charge is -1.97. The summed E-state index contributed by atoms with van der Waals surface area (Å²) >= 11 is 0. The van der Waals surface area contributed by atoms with Crippen LogP contribution in [0, 0.1) is 5.92 Å². The Morgan fingerprint density at radius 1 is 1.44 bits per heavy atom.